The van der Waals surface area contributed by atoms with E-state index in [4.69, 9.17) is 9.47 Å². The van der Waals surface area contributed by atoms with Gasteiger partial charge in [-0.15, -0.1) is 0 Å². The summed E-state index contributed by atoms with van der Waals surface area (Å²) in [5, 5.41) is 9.32. The van der Waals surface area contributed by atoms with Gasteiger partial charge in [0.1, 0.15) is 0 Å². The highest BCUT2D eigenvalue weighted by Gasteiger charge is 2.19. The Morgan fingerprint density at radius 3 is 2.47 bits per heavy atom. The molecule has 0 heterocycles. The van der Waals surface area contributed by atoms with Crippen LogP contribution in [0.1, 0.15) is 45.4 Å². The molecule has 15 heavy (non-hydrogen) atoms. The van der Waals surface area contributed by atoms with Crippen molar-refractivity contribution in [1.29, 1.82) is 0 Å². The lowest BCUT2D eigenvalue weighted by molar-refractivity contribution is -0.0285. The summed E-state index contributed by atoms with van der Waals surface area (Å²) in [6.07, 6.45) is 6.35. The smallest absolute Gasteiger partial charge is 0.0704 e. The Kier molecular flexibility index (Phi) is 6.98. The lowest BCUT2D eigenvalue weighted by atomic mass is 9.95. The lowest BCUT2D eigenvalue weighted by Crippen LogP contribution is -2.25. The number of rotatable bonds is 7. The zero-order valence-corrected chi connectivity index (χ0v) is 9.78. The maximum atomic E-state index is 9.32. The molecule has 1 N–H and O–H groups in total. The number of aliphatic hydroxyl groups excluding tert-OH is 1. The highest BCUT2D eigenvalue weighted by molar-refractivity contribution is 4.71. The van der Waals surface area contributed by atoms with Crippen molar-refractivity contribution in [3.63, 3.8) is 0 Å². The Labute approximate surface area is 92.8 Å². The largest absolute Gasteiger partial charge is 0.393 e. The molecule has 0 atom stereocenters. The molecule has 0 bridgehead atoms. The fourth-order valence-corrected chi connectivity index (χ4v) is 1.83. The van der Waals surface area contributed by atoms with E-state index in [0.29, 0.717) is 19.3 Å². The van der Waals surface area contributed by atoms with E-state index in [-0.39, 0.29) is 6.10 Å². The molecule has 0 aliphatic heterocycles. The summed E-state index contributed by atoms with van der Waals surface area (Å²) in [6.45, 7) is 4.42. The molecule has 1 saturated carbocycles. The van der Waals surface area contributed by atoms with Crippen LogP contribution in [0.5, 0.6) is 0 Å². The predicted octanol–water partition coefficient (Wildman–Crippen LogP) is 2.12. The highest BCUT2D eigenvalue weighted by Crippen LogP contribution is 2.20. The van der Waals surface area contributed by atoms with Crippen molar-refractivity contribution in [3.05, 3.63) is 0 Å². The summed E-state index contributed by atoms with van der Waals surface area (Å²) in [4.78, 5) is 0. The maximum Gasteiger partial charge on any atom is 0.0704 e. The van der Waals surface area contributed by atoms with Gasteiger partial charge in [-0.05, 0) is 32.1 Å². The van der Waals surface area contributed by atoms with Crippen molar-refractivity contribution in [2.24, 2.45) is 0 Å². The molecule has 0 unspecified atom stereocenters. The second-order valence-corrected chi connectivity index (χ2v) is 4.27. The van der Waals surface area contributed by atoms with E-state index >= 15 is 0 Å². The molecule has 1 fully saturated rings. The summed E-state index contributed by atoms with van der Waals surface area (Å²) in [7, 11) is 0. The fraction of sp³-hybridized carbons (Fsp3) is 1.00. The van der Waals surface area contributed by atoms with Crippen LogP contribution in [0, 0.1) is 0 Å². The molecule has 0 amide bonds. The van der Waals surface area contributed by atoms with Gasteiger partial charge < -0.3 is 14.6 Å². The van der Waals surface area contributed by atoms with Gasteiger partial charge in [0, 0.05) is 6.61 Å². The first-order valence-electron chi connectivity index (χ1n) is 6.20. The van der Waals surface area contributed by atoms with E-state index in [1.165, 1.54) is 6.42 Å². The zero-order chi connectivity index (χ0) is 10.9. The standard InChI is InChI=1S/C12H24O3/c1-2-3-8-14-9-10-15-12-6-4-11(13)5-7-12/h11-13H,2-10H2,1H3. The first kappa shape index (κ1) is 12.9. The van der Waals surface area contributed by atoms with Crippen LogP contribution in [0.3, 0.4) is 0 Å². The van der Waals surface area contributed by atoms with Gasteiger partial charge in [-0.2, -0.15) is 0 Å². The van der Waals surface area contributed by atoms with Gasteiger partial charge in [-0.1, -0.05) is 13.3 Å². The van der Waals surface area contributed by atoms with Crippen molar-refractivity contribution < 1.29 is 14.6 Å². The zero-order valence-electron chi connectivity index (χ0n) is 9.78. The quantitative estimate of drug-likeness (QED) is 0.662. The van der Waals surface area contributed by atoms with Crippen molar-refractivity contribution in [3.8, 4) is 0 Å². The monoisotopic (exact) mass is 216 g/mol. The minimum atomic E-state index is -0.0920. The van der Waals surface area contributed by atoms with Crippen LogP contribution in [0.15, 0.2) is 0 Å². The van der Waals surface area contributed by atoms with Gasteiger partial charge in [-0.25, -0.2) is 0 Å². The van der Waals surface area contributed by atoms with Crippen LogP contribution < -0.4 is 0 Å². The third-order valence-corrected chi connectivity index (χ3v) is 2.87. The maximum absolute atomic E-state index is 9.32. The summed E-state index contributed by atoms with van der Waals surface area (Å²) >= 11 is 0. The molecule has 0 aromatic heterocycles. The molecule has 90 valence electrons. The molecule has 0 aromatic rings. The Balaban J connectivity index is 1.87. The topological polar surface area (TPSA) is 38.7 Å². The lowest BCUT2D eigenvalue weighted by Gasteiger charge is -2.25. The van der Waals surface area contributed by atoms with Crippen LogP contribution >= 0.6 is 0 Å². The van der Waals surface area contributed by atoms with Crippen molar-refractivity contribution >= 4 is 0 Å². The van der Waals surface area contributed by atoms with Gasteiger partial charge in [-0.3, -0.25) is 0 Å². The highest BCUT2D eigenvalue weighted by atomic mass is 16.5. The number of aliphatic hydroxyl groups is 1. The SMILES string of the molecule is CCCCOCCOC1CCC(O)CC1. The number of hydrogen-bond donors (Lipinski definition) is 1. The van der Waals surface area contributed by atoms with Gasteiger partial charge in [0.25, 0.3) is 0 Å². The average Bonchev–Trinajstić information content (AvgIpc) is 2.26. The molecular weight excluding hydrogens is 192 g/mol. The fourth-order valence-electron chi connectivity index (χ4n) is 1.83. The van der Waals surface area contributed by atoms with Gasteiger partial charge in [0.2, 0.25) is 0 Å². The molecule has 1 aliphatic rings. The minimum absolute atomic E-state index is 0.0920. The first-order valence-corrected chi connectivity index (χ1v) is 6.20. The third kappa shape index (κ3) is 6.13. The van der Waals surface area contributed by atoms with Crippen molar-refractivity contribution in [1.82, 2.24) is 0 Å². The minimum Gasteiger partial charge on any atom is -0.393 e. The molecule has 3 heteroatoms. The normalized spacial score (nSPS) is 26.8. The number of ether oxygens (including phenoxy) is 2. The summed E-state index contributed by atoms with van der Waals surface area (Å²) in [5.74, 6) is 0. The Bertz CT molecular complexity index is 142. The van der Waals surface area contributed by atoms with Gasteiger partial charge in [0.05, 0.1) is 25.4 Å². The molecule has 1 rings (SSSR count). The molecule has 0 radical (unpaired) electrons. The summed E-state index contributed by atoms with van der Waals surface area (Å²) in [6, 6.07) is 0. The molecule has 3 nitrogen and oxygen atoms in total. The number of unbranched alkanes of at least 4 members (excludes halogenated alkanes) is 1. The van der Waals surface area contributed by atoms with Gasteiger partial charge in [0.15, 0.2) is 0 Å². The average molecular weight is 216 g/mol. The van der Waals surface area contributed by atoms with Crippen molar-refractivity contribution in [2.75, 3.05) is 19.8 Å². The van der Waals surface area contributed by atoms with Crippen LogP contribution in [0.25, 0.3) is 0 Å². The summed E-state index contributed by atoms with van der Waals surface area (Å²) in [5.41, 5.74) is 0. The second-order valence-electron chi connectivity index (χ2n) is 4.27. The molecular formula is C12H24O3. The summed E-state index contributed by atoms with van der Waals surface area (Å²) < 4.78 is 11.1. The van der Waals surface area contributed by atoms with E-state index in [1.807, 2.05) is 0 Å². The molecule has 0 spiro atoms. The van der Waals surface area contributed by atoms with Crippen LogP contribution in [-0.4, -0.2) is 37.1 Å². The first-order chi connectivity index (χ1) is 7.33. The molecule has 0 saturated heterocycles. The van der Waals surface area contributed by atoms with E-state index in [9.17, 15) is 5.11 Å². The van der Waals surface area contributed by atoms with Gasteiger partial charge >= 0.3 is 0 Å². The second kappa shape index (κ2) is 8.08. The third-order valence-electron chi connectivity index (χ3n) is 2.87. The molecule has 1 aliphatic carbocycles. The van der Waals surface area contributed by atoms with Crippen LogP contribution in [0.2, 0.25) is 0 Å². The predicted molar refractivity (Wildman–Crippen MR) is 59.9 cm³/mol. The Hall–Kier alpha value is -0.120. The Morgan fingerprint density at radius 1 is 1.07 bits per heavy atom. The van der Waals surface area contributed by atoms with E-state index in [2.05, 4.69) is 6.92 Å². The molecule has 0 aromatic carbocycles. The van der Waals surface area contributed by atoms with Crippen molar-refractivity contribution in [2.45, 2.75) is 57.7 Å². The van der Waals surface area contributed by atoms with E-state index < -0.39 is 0 Å². The van der Waals surface area contributed by atoms with E-state index in [0.717, 1.165) is 38.7 Å². The Morgan fingerprint density at radius 2 is 1.80 bits per heavy atom. The van der Waals surface area contributed by atoms with E-state index in [1.54, 1.807) is 0 Å². The van der Waals surface area contributed by atoms with Crippen LogP contribution in [0.4, 0.5) is 0 Å². The number of hydrogen-bond acceptors (Lipinski definition) is 3. The van der Waals surface area contributed by atoms with Crippen LogP contribution in [-0.2, 0) is 9.47 Å².